The van der Waals surface area contributed by atoms with Crippen molar-refractivity contribution in [2.75, 3.05) is 20.3 Å². The van der Waals surface area contributed by atoms with Crippen LogP contribution >= 0.6 is 0 Å². The van der Waals surface area contributed by atoms with Crippen LogP contribution in [-0.2, 0) is 11.3 Å². The van der Waals surface area contributed by atoms with Gasteiger partial charge in [0.15, 0.2) is 0 Å². The average molecular weight is 279 g/mol. The lowest BCUT2D eigenvalue weighted by Gasteiger charge is -2.13. The van der Waals surface area contributed by atoms with Crippen molar-refractivity contribution in [3.8, 4) is 5.88 Å². The van der Waals surface area contributed by atoms with Gasteiger partial charge in [-0.15, -0.1) is 0 Å². The van der Waals surface area contributed by atoms with Crippen molar-refractivity contribution in [3.63, 3.8) is 0 Å². The molecule has 2 N–H and O–H groups in total. The van der Waals surface area contributed by atoms with Crippen LogP contribution in [0.2, 0.25) is 0 Å². The van der Waals surface area contributed by atoms with Gasteiger partial charge in [0.05, 0.1) is 13.2 Å². The fourth-order valence-corrected chi connectivity index (χ4v) is 2.12. The fraction of sp³-hybridized carbons (Fsp3) is 0.571. The number of methoxy groups -OCH3 is 1. The molecule has 110 valence electrons. The first kappa shape index (κ1) is 14.6. The summed E-state index contributed by atoms with van der Waals surface area (Å²) >= 11 is 0. The van der Waals surface area contributed by atoms with Crippen LogP contribution in [0.1, 0.15) is 24.1 Å². The Bertz CT molecular complexity index is 459. The van der Waals surface area contributed by atoms with Crippen molar-refractivity contribution < 1.29 is 14.3 Å². The summed E-state index contributed by atoms with van der Waals surface area (Å²) in [6.45, 7) is 3.62. The van der Waals surface area contributed by atoms with E-state index < -0.39 is 0 Å². The Morgan fingerprint density at radius 3 is 3.05 bits per heavy atom. The van der Waals surface area contributed by atoms with Gasteiger partial charge >= 0.3 is 6.03 Å². The number of aryl methyl sites for hydroxylation is 1. The van der Waals surface area contributed by atoms with E-state index in [0.717, 1.165) is 30.7 Å². The van der Waals surface area contributed by atoms with Gasteiger partial charge in [0.2, 0.25) is 5.88 Å². The Hall–Kier alpha value is -1.82. The van der Waals surface area contributed by atoms with Gasteiger partial charge in [-0.25, -0.2) is 9.78 Å². The number of aromatic nitrogens is 1. The number of ether oxygens (including phenoxy) is 2. The van der Waals surface area contributed by atoms with Gasteiger partial charge in [-0.3, -0.25) is 0 Å². The van der Waals surface area contributed by atoms with Crippen molar-refractivity contribution >= 4 is 6.03 Å². The van der Waals surface area contributed by atoms with Crippen LogP contribution in [0.5, 0.6) is 5.88 Å². The lowest BCUT2D eigenvalue weighted by molar-refractivity contribution is 0.111. The van der Waals surface area contributed by atoms with Crippen LogP contribution in [0, 0.1) is 6.92 Å². The monoisotopic (exact) mass is 279 g/mol. The van der Waals surface area contributed by atoms with Gasteiger partial charge in [0, 0.05) is 31.0 Å². The van der Waals surface area contributed by atoms with E-state index in [4.69, 9.17) is 9.47 Å². The van der Waals surface area contributed by atoms with Gasteiger partial charge in [-0.1, -0.05) is 6.07 Å². The number of amides is 2. The number of hydrogen-bond acceptors (Lipinski definition) is 4. The van der Waals surface area contributed by atoms with Gasteiger partial charge in [-0.05, 0) is 25.8 Å². The Morgan fingerprint density at radius 2 is 2.35 bits per heavy atom. The van der Waals surface area contributed by atoms with E-state index in [9.17, 15) is 4.79 Å². The van der Waals surface area contributed by atoms with Crippen LogP contribution in [-0.4, -0.2) is 37.4 Å². The zero-order chi connectivity index (χ0) is 14.4. The first-order valence-corrected chi connectivity index (χ1v) is 6.83. The lowest BCUT2D eigenvalue weighted by Crippen LogP contribution is -2.39. The number of carbonyl (C=O) groups is 1. The first-order chi connectivity index (χ1) is 9.69. The highest BCUT2D eigenvalue weighted by Crippen LogP contribution is 2.15. The van der Waals surface area contributed by atoms with E-state index >= 15 is 0 Å². The molecule has 6 heteroatoms. The highest BCUT2D eigenvalue weighted by molar-refractivity contribution is 5.73. The molecule has 1 aromatic rings. The lowest BCUT2D eigenvalue weighted by atomic mass is 10.2. The van der Waals surface area contributed by atoms with Gasteiger partial charge in [0.1, 0.15) is 0 Å². The molecule has 0 spiro atoms. The molecule has 0 aromatic carbocycles. The molecule has 1 aliphatic heterocycles. The Morgan fingerprint density at radius 1 is 1.50 bits per heavy atom. The molecule has 1 saturated heterocycles. The summed E-state index contributed by atoms with van der Waals surface area (Å²) in [6, 6.07) is 3.59. The molecule has 6 nitrogen and oxygen atoms in total. The molecule has 1 fully saturated rings. The number of hydrogen-bond donors (Lipinski definition) is 2. The summed E-state index contributed by atoms with van der Waals surface area (Å²) in [6.07, 6.45) is 2.23. The summed E-state index contributed by atoms with van der Waals surface area (Å²) in [5.41, 5.74) is 1.74. The van der Waals surface area contributed by atoms with E-state index in [1.54, 1.807) is 7.11 Å². The molecule has 0 radical (unpaired) electrons. The third-order valence-electron chi connectivity index (χ3n) is 3.23. The minimum Gasteiger partial charge on any atom is -0.481 e. The van der Waals surface area contributed by atoms with E-state index in [0.29, 0.717) is 19.0 Å². The maximum absolute atomic E-state index is 11.7. The molecule has 1 atom stereocenters. The van der Waals surface area contributed by atoms with Crippen LogP contribution in [0.25, 0.3) is 0 Å². The standard InChI is InChI=1S/C14H21N3O3/c1-10-5-6-11(13(17-10)19-2)8-15-14(18)16-9-12-4-3-7-20-12/h5-6,12H,3-4,7-9H2,1-2H3,(H2,15,16,18). The molecule has 2 heterocycles. The van der Waals surface area contributed by atoms with E-state index in [-0.39, 0.29) is 12.1 Å². The van der Waals surface area contributed by atoms with Crippen LogP contribution in [0.15, 0.2) is 12.1 Å². The maximum Gasteiger partial charge on any atom is 0.315 e. The summed E-state index contributed by atoms with van der Waals surface area (Å²) in [4.78, 5) is 16.0. The first-order valence-electron chi connectivity index (χ1n) is 6.83. The van der Waals surface area contributed by atoms with Crippen molar-refractivity contribution in [2.24, 2.45) is 0 Å². The van der Waals surface area contributed by atoms with Crippen LogP contribution in [0.4, 0.5) is 4.79 Å². The van der Waals surface area contributed by atoms with E-state index in [2.05, 4.69) is 15.6 Å². The Balaban J connectivity index is 1.77. The maximum atomic E-state index is 11.7. The van der Waals surface area contributed by atoms with Gasteiger partial charge < -0.3 is 20.1 Å². The summed E-state index contributed by atoms with van der Waals surface area (Å²) in [5.74, 6) is 0.546. The molecule has 1 aromatic heterocycles. The number of pyridine rings is 1. The third kappa shape index (κ3) is 4.09. The SMILES string of the molecule is COc1nc(C)ccc1CNC(=O)NCC1CCCO1. The van der Waals surface area contributed by atoms with E-state index in [1.165, 1.54) is 0 Å². The van der Waals surface area contributed by atoms with Crippen molar-refractivity contribution in [1.82, 2.24) is 15.6 Å². The van der Waals surface area contributed by atoms with Gasteiger partial charge in [0.25, 0.3) is 0 Å². The molecule has 1 aliphatic rings. The van der Waals surface area contributed by atoms with Crippen molar-refractivity contribution in [2.45, 2.75) is 32.4 Å². The second-order valence-electron chi connectivity index (χ2n) is 4.82. The second-order valence-corrected chi connectivity index (χ2v) is 4.82. The normalized spacial score (nSPS) is 17.8. The van der Waals surface area contributed by atoms with Crippen LogP contribution < -0.4 is 15.4 Å². The Labute approximate surface area is 118 Å². The number of urea groups is 1. The minimum atomic E-state index is -0.205. The molecular formula is C14H21N3O3. The van der Waals surface area contributed by atoms with Crippen LogP contribution in [0.3, 0.4) is 0 Å². The molecule has 1 unspecified atom stereocenters. The van der Waals surface area contributed by atoms with E-state index in [1.807, 2.05) is 19.1 Å². The fourth-order valence-electron chi connectivity index (χ4n) is 2.12. The molecular weight excluding hydrogens is 258 g/mol. The highest BCUT2D eigenvalue weighted by Gasteiger charge is 2.16. The summed E-state index contributed by atoms with van der Waals surface area (Å²) in [5, 5.41) is 5.60. The molecule has 0 bridgehead atoms. The number of carbonyl (C=O) groups excluding carboxylic acids is 1. The molecule has 20 heavy (non-hydrogen) atoms. The third-order valence-corrected chi connectivity index (χ3v) is 3.23. The number of rotatable bonds is 5. The molecule has 0 saturated carbocycles. The molecule has 2 rings (SSSR count). The van der Waals surface area contributed by atoms with Crippen molar-refractivity contribution in [3.05, 3.63) is 23.4 Å². The zero-order valence-electron chi connectivity index (χ0n) is 11.9. The highest BCUT2D eigenvalue weighted by atomic mass is 16.5. The summed E-state index contributed by atoms with van der Waals surface area (Å²) in [7, 11) is 1.57. The van der Waals surface area contributed by atoms with Gasteiger partial charge in [-0.2, -0.15) is 0 Å². The number of nitrogens with zero attached hydrogens (tertiary/aromatic N) is 1. The number of nitrogens with one attached hydrogen (secondary N) is 2. The van der Waals surface area contributed by atoms with Crippen molar-refractivity contribution in [1.29, 1.82) is 0 Å². The predicted octanol–water partition coefficient (Wildman–Crippen LogP) is 1.38. The Kier molecular flexibility index (Phi) is 5.17. The molecule has 2 amide bonds. The summed E-state index contributed by atoms with van der Waals surface area (Å²) < 4.78 is 10.6. The molecule has 0 aliphatic carbocycles. The topological polar surface area (TPSA) is 72.5 Å². The minimum absolute atomic E-state index is 0.149. The zero-order valence-corrected chi connectivity index (χ0v) is 11.9. The predicted molar refractivity (Wildman–Crippen MR) is 74.7 cm³/mol. The average Bonchev–Trinajstić information content (AvgIpc) is 2.97. The second kappa shape index (κ2) is 7.09. The quantitative estimate of drug-likeness (QED) is 0.854. The largest absolute Gasteiger partial charge is 0.481 e. The smallest absolute Gasteiger partial charge is 0.315 e.